The van der Waals surface area contributed by atoms with Crippen LogP contribution in [0, 0.1) is 5.82 Å². The molecule has 1 aromatic heterocycles. The molecule has 2 aromatic rings. The zero-order valence-electron chi connectivity index (χ0n) is 9.69. The fraction of sp³-hybridized carbons (Fsp3) is 0.167. The molecule has 1 atom stereocenters. The van der Waals surface area contributed by atoms with Crippen LogP contribution in [0.1, 0.15) is 18.5 Å². The molecule has 0 saturated carbocycles. The summed E-state index contributed by atoms with van der Waals surface area (Å²) in [6.45, 7) is 1.88. The normalized spacial score (nSPS) is 12.2. The van der Waals surface area contributed by atoms with E-state index < -0.39 is 0 Å². The molecule has 1 heterocycles. The van der Waals surface area contributed by atoms with Gasteiger partial charge in [-0.05, 0) is 24.6 Å². The fourth-order valence-corrected chi connectivity index (χ4v) is 1.69. The predicted octanol–water partition coefficient (Wildman–Crippen LogP) is 3.02. The van der Waals surface area contributed by atoms with E-state index >= 15 is 0 Å². The van der Waals surface area contributed by atoms with Crippen molar-refractivity contribution in [3.05, 3.63) is 47.1 Å². The van der Waals surface area contributed by atoms with Crippen molar-refractivity contribution in [3.63, 3.8) is 0 Å². The van der Waals surface area contributed by atoms with Crippen LogP contribution < -0.4 is 11.1 Å². The number of nitrogen functional groups attached to an aromatic ring is 1. The molecule has 0 spiro atoms. The maximum Gasteiger partial charge on any atom is 0.157 e. The van der Waals surface area contributed by atoms with E-state index in [1.165, 1.54) is 18.5 Å². The number of nitrogens with one attached hydrogen (secondary N) is 1. The van der Waals surface area contributed by atoms with Gasteiger partial charge in [-0.15, -0.1) is 0 Å². The zero-order valence-corrected chi connectivity index (χ0v) is 10.4. The van der Waals surface area contributed by atoms with Gasteiger partial charge in [-0.1, -0.05) is 23.7 Å². The van der Waals surface area contributed by atoms with Crippen LogP contribution in [0.25, 0.3) is 0 Å². The van der Waals surface area contributed by atoms with Crippen molar-refractivity contribution in [3.8, 4) is 0 Å². The van der Waals surface area contributed by atoms with Crippen LogP contribution in [0.2, 0.25) is 5.15 Å². The SMILES string of the molecule is CC(Nc1ncnc(Cl)c1N)c1cccc(F)c1. The molecule has 0 bridgehead atoms. The Labute approximate surface area is 109 Å². The maximum atomic E-state index is 13.1. The molecule has 1 unspecified atom stereocenters. The first kappa shape index (κ1) is 12.6. The Morgan fingerprint density at radius 2 is 2.17 bits per heavy atom. The second-order valence-corrected chi connectivity index (χ2v) is 4.21. The van der Waals surface area contributed by atoms with Crippen molar-refractivity contribution < 1.29 is 4.39 Å². The summed E-state index contributed by atoms with van der Waals surface area (Å²) >= 11 is 5.79. The van der Waals surface area contributed by atoms with Gasteiger partial charge in [0.1, 0.15) is 17.8 Å². The highest BCUT2D eigenvalue weighted by atomic mass is 35.5. The largest absolute Gasteiger partial charge is 0.393 e. The molecule has 18 heavy (non-hydrogen) atoms. The summed E-state index contributed by atoms with van der Waals surface area (Å²) in [4.78, 5) is 7.76. The number of aromatic nitrogens is 2. The smallest absolute Gasteiger partial charge is 0.157 e. The molecule has 94 valence electrons. The Balaban J connectivity index is 2.21. The summed E-state index contributed by atoms with van der Waals surface area (Å²) in [5.41, 5.74) is 6.82. The second kappa shape index (κ2) is 5.18. The molecule has 2 rings (SSSR count). The predicted molar refractivity (Wildman–Crippen MR) is 69.9 cm³/mol. The number of hydrogen-bond acceptors (Lipinski definition) is 4. The van der Waals surface area contributed by atoms with Gasteiger partial charge in [0.15, 0.2) is 11.0 Å². The highest BCUT2D eigenvalue weighted by Crippen LogP contribution is 2.26. The van der Waals surface area contributed by atoms with Crippen LogP contribution in [-0.2, 0) is 0 Å². The van der Waals surface area contributed by atoms with Crippen LogP contribution in [0.3, 0.4) is 0 Å². The van der Waals surface area contributed by atoms with Crippen molar-refractivity contribution in [1.29, 1.82) is 0 Å². The summed E-state index contributed by atoms with van der Waals surface area (Å²) < 4.78 is 13.1. The first-order chi connectivity index (χ1) is 8.58. The van der Waals surface area contributed by atoms with Crippen LogP contribution in [-0.4, -0.2) is 9.97 Å². The highest BCUT2D eigenvalue weighted by Gasteiger charge is 2.11. The summed E-state index contributed by atoms with van der Waals surface area (Å²) in [6, 6.07) is 6.18. The summed E-state index contributed by atoms with van der Waals surface area (Å²) in [5.74, 6) is 0.154. The van der Waals surface area contributed by atoms with Crippen molar-refractivity contribution in [2.75, 3.05) is 11.1 Å². The van der Waals surface area contributed by atoms with E-state index in [1.54, 1.807) is 6.07 Å². The summed E-state index contributed by atoms with van der Waals surface area (Å²) in [7, 11) is 0. The average molecular weight is 267 g/mol. The monoisotopic (exact) mass is 266 g/mol. The number of hydrogen-bond donors (Lipinski definition) is 2. The van der Waals surface area contributed by atoms with Gasteiger partial charge in [-0.3, -0.25) is 0 Å². The molecule has 6 heteroatoms. The summed E-state index contributed by atoms with van der Waals surface area (Å²) in [5, 5.41) is 3.26. The molecule has 4 nitrogen and oxygen atoms in total. The van der Waals surface area contributed by atoms with Crippen molar-refractivity contribution in [1.82, 2.24) is 9.97 Å². The highest BCUT2D eigenvalue weighted by molar-refractivity contribution is 6.32. The van der Waals surface area contributed by atoms with Crippen molar-refractivity contribution >= 4 is 23.1 Å². The summed E-state index contributed by atoms with van der Waals surface area (Å²) in [6.07, 6.45) is 1.32. The number of nitrogens with zero attached hydrogens (tertiary/aromatic N) is 2. The van der Waals surface area contributed by atoms with E-state index in [1.807, 2.05) is 13.0 Å². The minimum atomic E-state index is -0.283. The van der Waals surface area contributed by atoms with Crippen LogP contribution in [0.15, 0.2) is 30.6 Å². The lowest BCUT2D eigenvalue weighted by molar-refractivity contribution is 0.623. The second-order valence-electron chi connectivity index (χ2n) is 3.85. The van der Waals surface area contributed by atoms with Crippen molar-refractivity contribution in [2.24, 2.45) is 0 Å². The standard InChI is InChI=1S/C12H12ClFN4/c1-7(8-3-2-4-9(14)5-8)18-12-10(15)11(13)16-6-17-12/h2-7H,15H2,1H3,(H,16,17,18). The van der Waals surface area contributed by atoms with Crippen LogP contribution in [0.4, 0.5) is 15.9 Å². The Morgan fingerprint density at radius 3 is 2.89 bits per heavy atom. The van der Waals surface area contributed by atoms with E-state index in [9.17, 15) is 4.39 Å². The van der Waals surface area contributed by atoms with Gasteiger partial charge in [0.05, 0.1) is 6.04 Å². The zero-order chi connectivity index (χ0) is 13.1. The van der Waals surface area contributed by atoms with Gasteiger partial charge in [-0.25, -0.2) is 14.4 Å². The van der Waals surface area contributed by atoms with E-state index in [0.717, 1.165) is 5.56 Å². The van der Waals surface area contributed by atoms with Crippen molar-refractivity contribution in [2.45, 2.75) is 13.0 Å². The van der Waals surface area contributed by atoms with Gasteiger partial charge in [0.2, 0.25) is 0 Å². The van der Waals surface area contributed by atoms with E-state index in [-0.39, 0.29) is 22.7 Å². The first-order valence-electron chi connectivity index (χ1n) is 5.36. The Bertz CT molecular complexity index is 562. The number of benzene rings is 1. The van der Waals surface area contributed by atoms with Crippen LogP contribution in [0.5, 0.6) is 0 Å². The molecule has 0 aliphatic heterocycles. The lowest BCUT2D eigenvalue weighted by Gasteiger charge is -2.16. The van der Waals surface area contributed by atoms with E-state index in [4.69, 9.17) is 17.3 Å². The first-order valence-corrected chi connectivity index (χ1v) is 5.73. The van der Waals surface area contributed by atoms with Gasteiger partial charge >= 0.3 is 0 Å². The number of rotatable bonds is 3. The third-order valence-corrected chi connectivity index (χ3v) is 2.84. The number of halogens is 2. The fourth-order valence-electron chi connectivity index (χ4n) is 1.55. The maximum absolute atomic E-state index is 13.1. The number of nitrogens with two attached hydrogens (primary N) is 1. The molecular formula is C12H12ClFN4. The Kier molecular flexibility index (Phi) is 3.62. The molecule has 1 aromatic carbocycles. The van der Waals surface area contributed by atoms with Gasteiger partial charge in [-0.2, -0.15) is 0 Å². The van der Waals surface area contributed by atoms with Crippen LogP contribution >= 0.6 is 11.6 Å². The molecule has 0 radical (unpaired) electrons. The van der Waals surface area contributed by atoms with Gasteiger partial charge in [0, 0.05) is 0 Å². The molecule has 0 saturated heterocycles. The van der Waals surface area contributed by atoms with Gasteiger partial charge < -0.3 is 11.1 Å². The van der Waals surface area contributed by atoms with E-state index in [0.29, 0.717) is 5.82 Å². The van der Waals surface area contributed by atoms with Gasteiger partial charge in [0.25, 0.3) is 0 Å². The average Bonchev–Trinajstić information content (AvgIpc) is 2.35. The Morgan fingerprint density at radius 1 is 1.39 bits per heavy atom. The number of anilines is 2. The lowest BCUT2D eigenvalue weighted by atomic mass is 10.1. The topological polar surface area (TPSA) is 63.8 Å². The quantitative estimate of drug-likeness (QED) is 0.838. The molecule has 0 amide bonds. The molecular weight excluding hydrogens is 255 g/mol. The molecule has 0 aliphatic rings. The Hall–Kier alpha value is -1.88. The third kappa shape index (κ3) is 2.68. The molecule has 3 N–H and O–H groups in total. The molecule has 0 aliphatic carbocycles. The minimum absolute atomic E-state index is 0.144. The third-order valence-electron chi connectivity index (χ3n) is 2.54. The lowest BCUT2D eigenvalue weighted by Crippen LogP contribution is -2.10. The minimum Gasteiger partial charge on any atom is -0.393 e. The van der Waals surface area contributed by atoms with E-state index in [2.05, 4.69) is 15.3 Å². The molecule has 0 fully saturated rings.